The summed E-state index contributed by atoms with van der Waals surface area (Å²) < 4.78 is 6.27. The van der Waals surface area contributed by atoms with Crippen LogP contribution < -0.4 is 4.74 Å². The molecule has 20 heavy (non-hydrogen) atoms. The minimum atomic E-state index is -0.953. The summed E-state index contributed by atoms with van der Waals surface area (Å²) in [4.78, 5) is 24.7. The van der Waals surface area contributed by atoms with Crippen molar-refractivity contribution < 1.29 is 19.4 Å². The second-order valence-corrected chi connectivity index (χ2v) is 5.80. The van der Waals surface area contributed by atoms with Crippen LogP contribution in [-0.2, 0) is 9.59 Å². The SMILES string of the molecule is CC1CCN(C(=O)COc2cccc(Br)c2)C1C(=O)O. The summed E-state index contributed by atoms with van der Waals surface area (Å²) in [7, 11) is 0. The number of likely N-dealkylation sites (tertiary alicyclic amines) is 1. The van der Waals surface area contributed by atoms with Crippen molar-refractivity contribution in [1.82, 2.24) is 4.90 Å². The van der Waals surface area contributed by atoms with Crippen molar-refractivity contribution in [2.45, 2.75) is 19.4 Å². The fourth-order valence-corrected chi connectivity index (χ4v) is 2.77. The van der Waals surface area contributed by atoms with E-state index in [9.17, 15) is 14.7 Å². The molecule has 2 unspecified atom stereocenters. The normalized spacial score (nSPS) is 21.8. The third-order valence-electron chi connectivity index (χ3n) is 3.43. The number of halogens is 1. The van der Waals surface area contributed by atoms with Gasteiger partial charge in [-0.15, -0.1) is 0 Å². The molecule has 1 aliphatic rings. The molecular formula is C14H16BrNO4. The molecule has 1 fully saturated rings. The van der Waals surface area contributed by atoms with Gasteiger partial charge in [0.15, 0.2) is 6.61 Å². The zero-order valence-corrected chi connectivity index (χ0v) is 12.7. The van der Waals surface area contributed by atoms with Crippen LogP contribution in [0.2, 0.25) is 0 Å². The van der Waals surface area contributed by atoms with Crippen LogP contribution in [0.1, 0.15) is 13.3 Å². The van der Waals surface area contributed by atoms with E-state index in [0.717, 1.165) is 4.47 Å². The zero-order valence-electron chi connectivity index (χ0n) is 11.1. The van der Waals surface area contributed by atoms with Crippen LogP contribution in [0.4, 0.5) is 0 Å². The second-order valence-electron chi connectivity index (χ2n) is 4.88. The molecule has 0 aromatic heterocycles. The van der Waals surface area contributed by atoms with Crippen molar-refractivity contribution in [3.05, 3.63) is 28.7 Å². The molecule has 0 bridgehead atoms. The number of carbonyl (C=O) groups excluding carboxylic acids is 1. The summed E-state index contributed by atoms with van der Waals surface area (Å²) in [5.74, 6) is -0.693. The Labute approximate surface area is 125 Å². The predicted octanol–water partition coefficient (Wildman–Crippen LogP) is 2.15. The number of hydrogen-bond donors (Lipinski definition) is 1. The van der Waals surface area contributed by atoms with Gasteiger partial charge in [0, 0.05) is 11.0 Å². The van der Waals surface area contributed by atoms with Crippen LogP contribution in [0.3, 0.4) is 0 Å². The van der Waals surface area contributed by atoms with Crippen molar-refractivity contribution in [1.29, 1.82) is 0 Å². The molecule has 108 valence electrons. The molecule has 1 saturated heterocycles. The van der Waals surface area contributed by atoms with E-state index in [1.54, 1.807) is 12.1 Å². The smallest absolute Gasteiger partial charge is 0.326 e. The predicted molar refractivity (Wildman–Crippen MR) is 76.6 cm³/mol. The maximum Gasteiger partial charge on any atom is 0.326 e. The van der Waals surface area contributed by atoms with Gasteiger partial charge in [-0.3, -0.25) is 4.79 Å². The Kier molecular flexibility index (Phi) is 4.65. The molecule has 2 rings (SSSR count). The molecule has 1 amide bonds. The molecule has 1 aromatic carbocycles. The van der Waals surface area contributed by atoms with Gasteiger partial charge in [0.05, 0.1) is 0 Å². The maximum atomic E-state index is 12.1. The molecule has 2 atom stereocenters. The molecule has 1 aromatic rings. The molecule has 0 aliphatic carbocycles. The first kappa shape index (κ1) is 14.8. The fraction of sp³-hybridized carbons (Fsp3) is 0.429. The average Bonchev–Trinajstić information content (AvgIpc) is 2.78. The monoisotopic (exact) mass is 341 g/mol. The summed E-state index contributed by atoms with van der Waals surface area (Å²) in [5, 5.41) is 9.18. The number of rotatable bonds is 4. The molecule has 0 saturated carbocycles. The first-order chi connectivity index (χ1) is 9.49. The van der Waals surface area contributed by atoms with E-state index in [2.05, 4.69) is 15.9 Å². The number of benzene rings is 1. The van der Waals surface area contributed by atoms with E-state index in [1.807, 2.05) is 19.1 Å². The molecule has 0 radical (unpaired) electrons. The van der Waals surface area contributed by atoms with Crippen LogP contribution in [0.5, 0.6) is 5.75 Å². The number of nitrogens with zero attached hydrogens (tertiary/aromatic N) is 1. The largest absolute Gasteiger partial charge is 0.484 e. The van der Waals surface area contributed by atoms with Gasteiger partial charge in [0.25, 0.3) is 5.91 Å². The lowest BCUT2D eigenvalue weighted by atomic mass is 10.0. The van der Waals surface area contributed by atoms with Crippen LogP contribution in [-0.4, -0.2) is 41.1 Å². The Bertz CT molecular complexity index is 520. The topological polar surface area (TPSA) is 66.8 Å². The highest BCUT2D eigenvalue weighted by molar-refractivity contribution is 9.10. The van der Waals surface area contributed by atoms with Crippen molar-refractivity contribution in [3.63, 3.8) is 0 Å². The summed E-state index contributed by atoms with van der Waals surface area (Å²) in [6.07, 6.45) is 0.708. The molecule has 0 spiro atoms. The molecule has 1 heterocycles. The number of hydrogen-bond acceptors (Lipinski definition) is 3. The molecule has 6 heteroatoms. The van der Waals surface area contributed by atoms with E-state index < -0.39 is 12.0 Å². The lowest BCUT2D eigenvalue weighted by Gasteiger charge is -2.23. The second kappa shape index (κ2) is 6.26. The molecule has 1 N–H and O–H groups in total. The van der Waals surface area contributed by atoms with Crippen LogP contribution in [0, 0.1) is 5.92 Å². The number of carboxylic acid groups (broad SMARTS) is 1. The van der Waals surface area contributed by atoms with Gasteiger partial charge in [-0.2, -0.15) is 0 Å². The van der Waals surface area contributed by atoms with E-state index >= 15 is 0 Å². The molecule has 1 aliphatic heterocycles. The Morgan fingerprint density at radius 1 is 1.50 bits per heavy atom. The number of ether oxygens (including phenoxy) is 1. The first-order valence-electron chi connectivity index (χ1n) is 6.39. The summed E-state index contributed by atoms with van der Waals surface area (Å²) in [5.41, 5.74) is 0. The quantitative estimate of drug-likeness (QED) is 0.911. The third-order valence-corrected chi connectivity index (χ3v) is 3.93. The van der Waals surface area contributed by atoms with Crippen molar-refractivity contribution in [3.8, 4) is 5.75 Å². The van der Waals surface area contributed by atoms with Gasteiger partial charge in [0.1, 0.15) is 11.8 Å². The first-order valence-corrected chi connectivity index (χ1v) is 7.19. The molecular weight excluding hydrogens is 326 g/mol. The van der Waals surface area contributed by atoms with Crippen LogP contribution in [0.25, 0.3) is 0 Å². The number of amides is 1. The Hall–Kier alpha value is -1.56. The zero-order chi connectivity index (χ0) is 14.7. The van der Waals surface area contributed by atoms with E-state index in [0.29, 0.717) is 18.7 Å². The maximum absolute atomic E-state index is 12.1. The van der Waals surface area contributed by atoms with Crippen molar-refractivity contribution in [2.24, 2.45) is 5.92 Å². The van der Waals surface area contributed by atoms with Gasteiger partial charge in [-0.05, 0) is 30.5 Å². The number of carbonyl (C=O) groups is 2. The Morgan fingerprint density at radius 2 is 2.25 bits per heavy atom. The van der Waals surface area contributed by atoms with Crippen LogP contribution >= 0.6 is 15.9 Å². The number of carboxylic acids is 1. The van der Waals surface area contributed by atoms with Gasteiger partial charge in [0.2, 0.25) is 0 Å². The van der Waals surface area contributed by atoms with Crippen LogP contribution in [0.15, 0.2) is 28.7 Å². The van der Waals surface area contributed by atoms with Crippen molar-refractivity contribution in [2.75, 3.05) is 13.2 Å². The lowest BCUT2D eigenvalue weighted by molar-refractivity contribution is -0.150. The molecule has 5 nitrogen and oxygen atoms in total. The standard InChI is InChI=1S/C14H16BrNO4/c1-9-5-6-16(13(9)14(18)19)12(17)8-20-11-4-2-3-10(15)7-11/h2-4,7,9,13H,5-6,8H2,1H3,(H,18,19). The minimum absolute atomic E-state index is 0.0256. The average molecular weight is 342 g/mol. The number of aliphatic carboxylic acids is 1. The highest BCUT2D eigenvalue weighted by atomic mass is 79.9. The Morgan fingerprint density at radius 3 is 2.90 bits per heavy atom. The lowest BCUT2D eigenvalue weighted by Crippen LogP contribution is -2.44. The van der Waals surface area contributed by atoms with Gasteiger partial charge < -0.3 is 14.7 Å². The van der Waals surface area contributed by atoms with E-state index in [-0.39, 0.29) is 18.4 Å². The minimum Gasteiger partial charge on any atom is -0.484 e. The van der Waals surface area contributed by atoms with Crippen molar-refractivity contribution >= 4 is 27.8 Å². The van der Waals surface area contributed by atoms with Gasteiger partial charge in [-0.25, -0.2) is 4.79 Å². The Balaban J connectivity index is 1.96. The third kappa shape index (κ3) is 3.30. The summed E-state index contributed by atoms with van der Waals surface area (Å²) in [6, 6.07) is 6.43. The summed E-state index contributed by atoms with van der Waals surface area (Å²) in [6.45, 7) is 2.17. The van der Waals surface area contributed by atoms with E-state index in [4.69, 9.17) is 4.74 Å². The highest BCUT2D eigenvalue weighted by Crippen LogP contribution is 2.24. The highest BCUT2D eigenvalue weighted by Gasteiger charge is 2.39. The van der Waals surface area contributed by atoms with E-state index in [1.165, 1.54) is 4.90 Å². The fourth-order valence-electron chi connectivity index (χ4n) is 2.39. The summed E-state index contributed by atoms with van der Waals surface area (Å²) >= 11 is 3.32. The van der Waals surface area contributed by atoms with Gasteiger partial charge in [-0.1, -0.05) is 28.9 Å². The van der Waals surface area contributed by atoms with Gasteiger partial charge >= 0.3 is 5.97 Å².